The number of nitrogens with two attached hydrogens (primary N) is 1. The quantitative estimate of drug-likeness (QED) is 0.155. The van der Waals surface area contributed by atoms with Gasteiger partial charge in [0.15, 0.2) is 9.84 Å². The molecule has 38 heavy (non-hydrogen) atoms. The van der Waals surface area contributed by atoms with Crippen LogP contribution >= 0.6 is 11.3 Å². The summed E-state index contributed by atoms with van der Waals surface area (Å²) in [4.78, 5) is 48.0. The molecule has 5 heterocycles. The predicted octanol–water partition coefficient (Wildman–Crippen LogP) is -3.92. The summed E-state index contributed by atoms with van der Waals surface area (Å²) >= 11 is 1.11. The first-order chi connectivity index (χ1) is 17.5. The van der Waals surface area contributed by atoms with Crippen LogP contribution in [-0.4, -0.2) is 74.9 Å². The van der Waals surface area contributed by atoms with Crippen molar-refractivity contribution in [2.75, 3.05) is 12.3 Å². The molecule has 3 N–H and O–H groups in total. The van der Waals surface area contributed by atoms with E-state index in [0.717, 1.165) is 17.5 Å². The molecule has 0 saturated carbocycles. The first-order valence-electron chi connectivity index (χ1n) is 11.3. The number of hydrogen-bond donors (Lipinski definition) is 2. The number of nitrogens with zero attached hydrogens (tertiary/aromatic N) is 4. The zero-order valence-corrected chi connectivity index (χ0v) is 24.3. The van der Waals surface area contributed by atoms with Crippen LogP contribution in [0.25, 0.3) is 10.4 Å². The summed E-state index contributed by atoms with van der Waals surface area (Å²) in [7, 11) is -3.71. The van der Waals surface area contributed by atoms with E-state index in [0.29, 0.717) is 15.3 Å². The molecule has 1 fully saturated rings. The summed E-state index contributed by atoms with van der Waals surface area (Å²) in [5.41, 5.74) is 5.57. The molecule has 1 saturated heterocycles. The van der Waals surface area contributed by atoms with Crippen LogP contribution in [0, 0.1) is 11.8 Å². The van der Waals surface area contributed by atoms with Gasteiger partial charge in [0, 0.05) is 42.2 Å². The van der Waals surface area contributed by atoms with Gasteiger partial charge in [0.05, 0.1) is 45.3 Å². The van der Waals surface area contributed by atoms with Gasteiger partial charge in [-0.2, -0.15) is 0 Å². The molecule has 5 rings (SSSR count). The van der Waals surface area contributed by atoms with Crippen molar-refractivity contribution < 1.29 is 62.6 Å². The number of imidazole rings is 1. The molecule has 0 spiro atoms. The van der Waals surface area contributed by atoms with Crippen LogP contribution in [0.15, 0.2) is 41.6 Å². The van der Waals surface area contributed by atoms with Gasteiger partial charge >= 0.3 is 29.6 Å². The number of carboxylic acid groups (broad SMARTS) is 1. The summed E-state index contributed by atoms with van der Waals surface area (Å²) in [5.74, 6) is -3.96. The third kappa shape index (κ3) is 4.33. The molecule has 2 aliphatic heterocycles. The maximum atomic E-state index is 13.3. The molecule has 0 bridgehead atoms. The third-order valence-corrected chi connectivity index (χ3v) is 9.64. The second-order valence-electron chi connectivity index (χ2n) is 9.05. The van der Waals surface area contributed by atoms with Crippen LogP contribution in [0.2, 0.25) is 0 Å². The first-order valence-corrected chi connectivity index (χ1v) is 13.8. The van der Waals surface area contributed by atoms with Gasteiger partial charge in [-0.25, -0.2) is 13.4 Å². The monoisotopic (exact) mass is 567 g/mol. The topological polar surface area (TPSA) is 188 Å². The summed E-state index contributed by atoms with van der Waals surface area (Å²) < 4.78 is 26.3. The minimum Gasteiger partial charge on any atom is -0.543 e. The van der Waals surface area contributed by atoms with Gasteiger partial charge in [-0.15, -0.1) is 11.3 Å². The Labute approximate surface area is 243 Å². The van der Waals surface area contributed by atoms with Crippen LogP contribution in [0.5, 0.6) is 0 Å². The maximum absolute atomic E-state index is 13.3. The first kappa shape index (κ1) is 28.5. The average Bonchev–Trinajstić information content (AvgIpc) is 3.48. The number of β-lactam (4-membered cyclic amide) rings is 1. The van der Waals surface area contributed by atoms with Gasteiger partial charge in [0.2, 0.25) is 11.7 Å². The van der Waals surface area contributed by atoms with Crippen LogP contribution in [0.4, 0.5) is 0 Å². The Kier molecular flexibility index (Phi) is 7.71. The van der Waals surface area contributed by atoms with Gasteiger partial charge in [0.25, 0.3) is 0 Å². The van der Waals surface area contributed by atoms with Crippen molar-refractivity contribution in [2.24, 2.45) is 17.6 Å². The molecule has 12 nitrogen and oxygen atoms in total. The standard InChI is InChI=1S/C23H23N5O7S2.Na/c1-10-15(19(23(32)33)28-18(10)16(11(2)29)21(28)31)14-8-27-9-26-17(22(27)36-14)20(30)12-5-13(7-25-6-12)37(34,35)4-3-24;/h5-11,16,18,29H,3-4,24H2,1-2H3,(H,32,33);/q;+1/p-1/t10-,11+,16+,18+;/m0./s1. The molecule has 0 radical (unpaired) electrons. The molecule has 4 atom stereocenters. The van der Waals surface area contributed by atoms with E-state index >= 15 is 0 Å². The number of aliphatic hydroxyl groups excluding tert-OH is 1. The minimum atomic E-state index is -3.71. The van der Waals surface area contributed by atoms with Crippen molar-refractivity contribution in [1.82, 2.24) is 19.3 Å². The van der Waals surface area contributed by atoms with E-state index in [4.69, 9.17) is 5.73 Å². The fourth-order valence-electron chi connectivity index (χ4n) is 5.09. The van der Waals surface area contributed by atoms with E-state index in [1.165, 1.54) is 30.4 Å². The molecule has 194 valence electrons. The molecular formula is C23H22N5NaO7S2. The van der Waals surface area contributed by atoms with E-state index in [1.54, 1.807) is 17.5 Å². The molecule has 0 aromatic carbocycles. The zero-order valence-electron chi connectivity index (χ0n) is 20.7. The van der Waals surface area contributed by atoms with Crippen molar-refractivity contribution in [1.29, 1.82) is 0 Å². The molecule has 1 amide bonds. The Morgan fingerprint density at radius 2 is 2.03 bits per heavy atom. The molecule has 2 aliphatic rings. The minimum absolute atomic E-state index is 0. The number of thiazole rings is 1. The Balaban J connectivity index is 0.00000336. The maximum Gasteiger partial charge on any atom is 1.00 e. The van der Waals surface area contributed by atoms with E-state index < -0.39 is 51.5 Å². The average molecular weight is 568 g/mol. The van der Waals surface area contributed by atoms with Crippen LogP contribution in [0.3, 0.4) is 0 Å². The normalized spacial score (nSPS) is 21.7. The van der Waals surface area contributed by atoms with Crippen molar-refractivity contribution in [3.63, 3.8) is 0 Å². The summed E-state index contributed by atoms with van der Waals surface area (Å²) in [6.07, 6.45) is 4.46. The van der Waals surface area contributed by atoms with Crippen LogP contribution in [-0.2, 0) is 19.4 Å². The number of aromatic nitrogens is 3. The molecule has 15 heteroatoms. The van der Waals surface area contributed by atoms with Gasteiger partial charge in [-0.1, -0.05) is 6.92 Å². The molecule has 3 aromatic rings. The van der Waals surface area contributed by atoms with Crippen molar-refractivity contribution >= 4 is 49.2 Å². The number of amides is 1. The molecule has 3 aromatic heterocycles. The number of fused-ring (bicyclic) bond motifs is 2. The predicted molar refractivity (Wildman–Crippen MR) is 129 cm³/mol. The zero-order chi connectivity index (χ0) is 26.8. The van der Waals surface area contributed by atoms with E-state index in [1.807, 2.05) is 0 Å². The van der Waals surface area contributed by atoms with Gasteiger partial charge in [-0.3, -0.25) is 19.0 Å². The number of rotatable bonds is 8. The number of carbonyl (C=O) groups is 3. The van der Waals surface area contributed by atoms with Gasteiger partial charge < -0.3 is 25.6 Å². The summed E-state index contributed by atoms with van der Waals surface area (Å²) in [6.45, 7) is 3.19. The number of ketones is 1. The van der Waals surface area contributed by atoms with E-state index in [-0.39, 0.29) is 63.7 Å². The second kappa shape index (κ2) is 10.3. The second-order valence-corrected chi connectivity index (χ2v) is 12.2. The van der Waals surface area contributed by atoms with Crippen molar-refractivity contribution in [2.45, 2.75) is 30.9 Å². The number of aliphatic carboxylic acids is 1. The van der Waals surface area contributed by atoms with Crippen LogP contribution in [0.1, 0.15) is 34.8 Å². The molecular weight excluding hydrogens is 545 g/mol. The SMILES string of the molecule is C[C@@H](O)[C@H]1C(=O)N2C(C(=O)[O-])=C(c3cn4cnc(C(=O)c5cncc(S(=O)(=O)CCN)c5)c4s3)[C@H](C)[C@H]12.[Na+]. The number of sulfone groups is 1. The van der Waals surface area contributed by atoms with Crippen molar-refractivity contribution in [3.05, 3.63) is 52.8 Å². The van der Waals surface area contributed by atoms with Crippen molar-refractivity contribution in [3.8, 4) is 0 Å². The Morgan fingerprint density at radius 1 is 1.32 bits per heavy atom. The molecule has 0 aliphatic carbocycles. The number of aliphatic hydroxyl groups is 1. The fraction of sp³-hybridized carbons (Fsp3) is 0.348. The summed E-state index contributed by atoms with van der Waals surface area (Å²) in [5, 5.41) is 22.1. The molecule has 0 unspecified atom stereocenters. The fourth-order valence-corrected chi connectivity index (χ4v) is 7.37. The van der Waals surface area contributed by atoms with E-state index in [2.05, 4.69) is 9.97 Å². The van der Waals surface area contributed by atoms with E-state index in [9.17, 15) is 33.0 Å². The summed E-state index contributed by atoms with van der Waals surface area (Å²) in [6, 6.07) is 0.711. The van der Waals surface area contributed by atoms with Gasteiger partial charge in [-0.05, 0) is 13.0 Å². The Hall–Kier alpha value is -2.46. The van der Waals surface area contributed by atoms with Gasteiger partial charge in [0.1, 0.15) is 16.9 Å². The smallest absolute Gasteiger partial charge is 0.543 e. The number of hydrogen-bond acceptors (Lipinski definition) is 11. The largest absolute Gasteiger partial charge is 1.00 e. The number of carboxylic acids is 1. The van der Waals surface area contributed by atoms with Crippen LogP contribution < -0.4 is 40.4 Å². The number of carbonyl (C=O) groups excluding carboxylic acids is 3. The number of pyridine rings is 1. The Bertz CT molecular complexity index is 1610. The third-order valence-electron chi connectivity index (χ3n) is 6.78. The Morgan fingerprint density at radius 3 is 2.66 bits per heavy atom.